The largest absolute Gasteiger partial charge is 0.515 e. The van der Waals surface area contributed by atoms with E-state index in [1.165, 1.54) is 0 Å². The van der Waals surface area contributed by atoms with Gasteiger partial charge in [0.2, 0.25) is 0 Å². The zero-order valence-electron chi connectivity index (χ0n) is 7.52. The smallest absolute Gasteiger partial charge is 0.266 e. The Morgan fingerprint density at radius 2 is 1.31 bits per heavy atom. The number of alkyl halides is 2. The summed E-state index contributed by atoms with van der Waals surface area (Å²) in [6.45, 7) is 0. The van der Waals surface area contributed by atoms with E-state index < -0.39 is 22.0 Å². The topological polar surface area (TPSA) is 40.5 Å². The maximum atomic E-state index is 12.6. The van der Waals surface area contributed by atoms with Gasteiger partial charge >= 0.3 is 0 Å². The quantitative estimate of drug-likeness (QED) is 0.780. The van der Waals surface area contributed by atoms with Crippen LogP contribution < -0.4 is 10.4 Å². The van der Waals surface area contributed by atoms with Gasteiger partial charge in [-0.05, 0) is 0 Å². The third-order valence-corrected chi connectivity index (χ3v) is 3.19. The normalized spacial score (nSPS) is 13.9. The highest BCUT2D eigenvalue weighted by Crippen LogP contribution is 2.34. The Hall–Kier alpha value is -0.710. The molecule has 1 rings (SSSR count). The summed E-state index contributed by atoms with van der Waals surface area (Å²) in [7, 11) is 0. The Labute approximate surface area is 104 Å². The third kappa shape index (κ3) is 2.05. The minimum Gasteiger partial charge on any atom is -0.515 e. The molecule has 0 fully saturated rings. The van der Waals surface area contributed by atoms with E-state index >= 15 is 0 Å². The lowest BCUT2D eigenvalue weighted by atomic mass is 10.1. The van der Waals surface area contributed by atoms with Crippen LogP contribution in [0.25, 0.3) is 12.5 Å². The van der Waals surface area contributed by atoms with Gasteiger partial charge in [-0.2, -0.15) is 0 Å². The summed E-state index contributed by atoms with van der Waals surface area (Å²) in [6.07, 6.45) is -1.94. The number of halogens is 5. The average molecular weight is 289 g/mol. The Bertz CT molecular complexity index is 529. The summed E-state index contributed by atoms with van der Waals surface area (Å²) in [4.78, 5) is 0. The number of aliphatic hydroxyl groups excluding tert-OH is 2. The first-order valence-electron chi connectivity index (χ1n) is 3.89. The van der Waals surface area contributed by atoms with Crippen LogP contribution in [0, 0.1) is 0 Å². The molecule has 1 aromatic carbocycles. The summed E-state index contributed by atoms with van der Waals surface area (Å²) in [5, 5.41) is 16.2. The van der Waals surface area contributed by atoms with Crippen molar-refractivity contribution in [1.82, 2.24) is 0 Å². The number of hydrogen-bond acceptors (Lipinski definition) is 2. The Morgan fingerprint density at radius 3 is 1.69 bits per heavy atom. The van der Waals surface area contributed by atoms with Crippen LogP contribution in [0.5, 0.6) is 0 Å². The summed E-state index contributed by atoms with van der Waals surface area (Å²) >= 11 is 16.9. The minimum atomic E-state index is -2.94. The van der Waals surface area contributed by atoms with Crippen molar-refractivity contribution >= 4 is 47.3 Å². The van der Waals surface area contributed by atoms with Gasteiger partial charge in [0, 0.05) is 10.4 Å². The molecular formula is C9H5Cl3F2O2. The molecule has 0 saturated carbocycles. The van der Waals surface area contributed by atoms with E-state index in [4.69, 9.17) is 45.0 Å². The first kappa shape index (κ1) is 13.4. The van der Waals surface area contributed by atoms with E-state index in [9.17, 15) is 8.78 Å². The molecule has 2 N–H and O–H groups in total. The van der Waals surface area contributed by atoms with Crippen LogP contribution in [-0.4, -0.2) is 10.2 Å². The first-order chi connectivity index (χ1) is 7.45. The average Bonchev–Trinajstić information content (AvgIpc) is 2.22. The molecule has 0 saturated heterocycles. The van der Waals surface area contributed by atoms with Crippen molar-refractivity contribution in [3.05, 3.63) is 31.1 Å². The van der Waals surface area contributed by atoms with Gasteiger partial charge in [0.15, 0.2) is 0 Å². The molecule has 0 bridgehead atoms. The molecule has 0 amide bonds. The van der Waals surface area contributed by atoms with Crippen molar-refractivity contribution in [3.8, 4) is 0 Å². The highest BCUT2D eigenvalue weighted by atomic mass is 35.5. The molecule has 0 heterocycles. The second-order valence-corrected chi connectivity index (χ2v) is 3.88. The molecule has 0 aliphatic rings. The van der Waals surface area contributed by atoms with Crippen molar-refractivity contribution in [2.75, 3.05) is 0 Å². The number of benzene rings is 1. The zero-order valence-corrected chi connectivity index (χ0v) is 9.78. The van der Waals surface area contributed by atoms with Crippen LogP contribution in [0.1, 0.15) is 12.0 Å². The van der Waals surface area contributed by atoms with Crippen LogP contribution in [0.15, 0.2) is 0 Å². The van der Waals surface area contributed by atoms with Crippen LogP contribution in [0.4, 0.5) is 8.78 Å². The fourth-order valence-corrected chi connectivity index (χ4v) is 2.07. The van der Waals surface area contributed by atoms with Crippen LogP contribution in [0.3, 0.4) is 0 Å². The van der Waals surface area contributed by atoms with Gasteiger partial charge in [-0.1, -0.05) is 34.8 Å². The molecule has 1 aromatic rings. The Balaban J connectivity index is 3.94. The van der Waals surface area contributed by atoms with Gasteiger partial charge in [0.1, 0.15) is 0 Å². The van der Waals surface area contributed by atoms with Gasteiger partial charge < -0.3 is 10.2 Å². The number of hydrogen-bond donors (Lipinski definition) is 2. The second-order valence-electron chi connectivity index (χ2n) is 2.74. The predicted octanol–water partition coefficient (Wildman–Crippen LogP) is 3.18. The minimum absolute atomic E-state index is 0.122. The highest BCUT2D eigenvalue weighted by molar-refractivity contribution is 6.44. The lowest BCUT2D eigenvalue weighted by Gasteiger charge is -2.08. The van der Waals surface area contributed by atoms with Gasteiger partial charge in [0.25, 0.3) is 6.43 Å². The van der Waals surface area contributed by atoms with Crippen molar-refractivity contribution in [3.63, 3.8) is 0 Å². The second kappa shape index (κ2) is 5.08. The molecule has 7 heteroatoms. The molecular weight excluding hydrogens is 284 g/mol. The molecule has 0 aromatic heterocycles. The van der Waals surface area contributed by atoms with Crippen LogP contribution >= 0.6 is 34.8 Å². The highest BCUT2D eigenvalue weighted by Gasteiger charge is 2.21. The van der Waals surface area contributed by atoms with E-state index in [2.05, 4.69) is 0 Å². The Kier molecular flexibility index (Phi) is 4.24. The lowest BCUT2D eigenvalue weighted by molar-refractivity contribution is 0.151. The molecule has 88 valence electrons. The maximum absolute atomic E-state index is 12.6. The summed E-state index contributed by atoms with van der Waals surface area (Å²) < 4.78 is 25.2. The van der Waals surface area contributed by atoms with Gasteiger partial charge in [-0.15, -0.1) is 0 Å². The molecule has 2 nitrogen and oxygen atoms in total. The SMILES string of the molecule is OC=c1c(Cl)c(Cl)c(C(F)F)c(Cl)c1=CO. The van der Waals surface area contributed by atoms with E-state index in [1.807, 2.05) is 0 Å². The van der Waals surface area contributed by atoms with E-state index in [-0.39, 0.29) is 15.5 Å². The third-order valence-electron chi connectivity index (χ3n) is 1.91. The number of rotatable bonds is 1. The molecule has 0 radical (unpaired) electrons. The molecule has 16 heavy (non-hydrogen) atoms. The van der Waals surface area contributed by atoms with Crippen LogP contribution in [0.2, 0.25) is 15.1 Å². The summed E-state index contributed by atoms with van der Waals surface area (Å²) in [5.41, 5.74) is -0.681. The lowest BCUT2D eigenvalue weighted by Crippen LogP contribution is -2.29. The van der Waals surface area contributed by atoms with Crippen molar-refractivity contribution in [2.45, 2.75) is 6.43 Å². The van der Waals surface area contributed by atoms with E-state index in [0.29, 0.717) is 12.5 Å². The van der Waals surface area contributed by atoms with Gasteiger partial charge in [-0.3, -0.25) is 0 Å². The molecule has 0 spiro atoms. The standard InChI is InChI=1S/C9H5Cl3F2O2/c10-6-3(1-15)4(2-16)7(11)8(12)5(6)9(13)14/h1-2,9,15-16H. The van der Waals surface area contributed by atoms with Crippen molar-refractivity contribution in [1.29, 1.82) is 0 Å². The van der Waals surface area contributed by atoms with Crippen LogP contribution in [-0.2, 0) is 0 Å². The fourth-order valence-electron chi connectivity index (χ4n) is 1.16. The molecule has 0 atom stereocenters. The summed E-state index contributed by atoms with van der Waals surface area (Å²) in [5.74, 6) is 0. The monoisotopic (exact) mass is 288 g/mol. The van der Waals surface area contributed by atoms with E-state index in [0.717, 1.165) is 0 Å². The van der Waals surface area contributed by atoms with E-state index in [1.54, 1.807) is 0 Å². The molecule has 0 aliphatic carbocycles. The maximum Gasteiger partial charge on any atom is 0.266 e. The first-order valence-corrected chi connectivity index (χ1v) is 5.02. The molecule has 0 aliphatic heterocycles. The molecule has 0 unspecified atom stereocenters. The van der Waals surface area contributed by atoms with Gasteiger partial charge in [0.05, 0.1) is 33.2 Å². The van der Waals surface area contributed by atoms with Gasteiger partial charge in [-0.25, -0.2) is 8.78 Å². The zero-order chi connectivity index (χ0) is 12.5. The number of aliphatic hydroxyl groups is 2. The fraction of sp³-hybridized carbons (Fsp3) is 0.111. The van der Waals surface area contributed by atoms with Crippen molar-refractivity contribution < 1.29 is 19.0 Å². The Morgan fingerprint density at radius 1 is 0.875 bits per heavy atom. The predicted molar refractivity (Wildman–Crippen MR) is 59.9 cm³/mol. The van der Waals surface area contributed by atoms with Crippen molar-refractivity contribution in [2.24, 2.45) is 0 Å². The summed E-state index contributed by atoms with van der Waals surface area (Å²) in [6, 6.07) is 0.